The fourth-order valence-electron chi connectivity index (χ4n) is 4.21. The van der Waals surface area contributed by atoms with E-state index in [1.807, 2.05) is 24.3 Å². The number of para-hydroxylation sites is 1. The number of fused-ring (bicyclic) bond motifs is 2. The van der Waals surface area contributed by atoms with Crippen molar-refractivity contribution < 1.29 is 18.7 Å². The van der Waals surface area contributed by atoms with Gasteiger partial charge in [-0.25, -0.2) is 0 Å². The third kappa shape index (κ3) is 4.28. The number of ether oxygens (including phenoxy) is 2. The molecule has 3 aromatic rings. The van der Waals surface area contributed by atoms with Gasteiger partial charge in [-0.3, -0.25) is 9.59 Å². The van der Waals surface area contributed by atoms with Gasteiger partial charge in [-0.05, 0) is 42.7 Å². The van der Waals surface area contributed by atoms with E-state index in [2.05, 4.69) is 6.92 Å². The number of rotatable bonds is 10. The van der Waals surface area contributed by atoms with Gasteiger partial charge in [0.05, 0.1) is 23.6 Å². The molecular weight excluding hydrogens is 406 g/mol. The second kappa shape index (κ2) is 10.0. The second-order valence-electron chi connectivity index (χ2n) is 8.04. The van der Waals surface area contributed by atoms with Crippen LogP contribution in [0.3, 0.4) is 0 Å². The predicted octanol–water partition coefficient (Wildman–Crippen LogP) is 4.94. The Balaban J connectivity index is 1.70. The summed E-state index contributed by atoms with van der Waals surface area (Å²) < 4.78 is 16.9. The van der Waals surface area contributed by atoms with Crippen LogP contribution in [0.25, 0.3) is 11.0 Å². The van der Waals surface area contributed by atoms with Crippen molar-refractivity contribution in [1.82, 2.24) is 4.90 Å². The monoisotopic (exact) mass is 435 g/mol. The first-order valence-corrected chi connectivity index (χ1v) is 11.2. The summed E-state index contributed by atoms with van der Waals surface area (Å²) in [6, 6.07) is 14.2. The van der Waals surface area contributed by atoms with Gasteiger partial charge in [-0.15, -0.1) is 0 Å². The SMILES string of the molecule is CCCCCOc1ccc([C@H]2c3c(oc4ccccc4c3=O)C(=O)N2CCCOC)cc1. The summed E-state index contributed by atoms with van der Waals surface area (Å²) in [4.78, 5) is 28.4. The van der Waals surface area contributed by atoms with E-state index in [9.17, 15) is 9.59 Å². The topological polar surface area (TPSA) is 69.0 Å². The van der Waals surface area contributed by atoms with Crippen molar-refractivity contribution in [2.24, 2.45) is 0 Å². The van der Waals surface area contributed by atoms with Crippen LogP contribution in [0.4, 0.5) is 0 Å². The Morgan fingerprint density at radius 2 is 1.75 bits per heavy atom. The highest BCUT2D eigenvalue weighted by Crippen LogP contribution is 2.38. The first-order valence-electron chi connectivity index (χ1n) is 11.2. The lowest BCUT2D eigenvalue weighted by atomic mass is 9.98. The van der Waals surface area contributed by atoms with Crippen LogP contribution < -0.4 is 10.2 Å². The molecule has 0 radical (unpaired) electrons. The maximum absolute atomic E-state index is 13.4. The number of unbranched alkanes of at least 4 members (excludes halogenated alkanes) is 2. The Morgan fingerprint density at radius 1 is 0.969 bits per heavy atom. The van der Waals surface area contributed by atoms with E-state index in [1.54, 1.807) is 36.3 Å². The molecule has 1 aliphatic heterocycles. The highest BCUT2D eigenvalue weighted by atomic mass is 16.5. The highest BCUT2D eigenvalue weighted by Gasteiger charge is 2.42. The zero-order valence-corrected chi connectivity index (χ0v) is 18.6. The van der Waals surface area contributed by atoms with Gasteiger partial charge in [0.15, 0.2) is 5.43 Å². The molecule has 0 N–H and O–H groups in total. The van der Waals surface area contributed by atoms with Gasteiger partial charge in [0.25, 0.3) is 5.91 Å². The minimum atomic E-state index is -0.496. The molecule has 0 fully saturated rings. The van der Waals surface area contributed by atoms with Crippen molar-refractivity contribution in [3.05, 3.63) is 75.6 Å². The summed E-state index contributed by atoms with van der Waals surface area (Å²) in [5.41, 5.74) is 1.54. The standard InChI is InChI=1S/C26H29NO5/c1-3-4-7-17-31-19-13-11-18(12-14-19)23-22-24(28)20-9-5-6-10-21(20)32-25(22)26(29)27(23)15-8-16-30-2/h5-6,9-14,23H,3-4,7-8,15-17H2,1-2H3/t23-/m0/s1. The van der Waals surface area contributed by atoms with Crippen LogP contribution in [0.15, 0.2) is 57.7 Å². The summed E-state index contributed by atoms with van der Waals surface area (Å²) in [5, 5.41) is 0.485. The van der Waals surface area contributed by atoms with E-state index in [0.29, 0.717) is 42.7 Å². The number of carbonyl (C=O) groups excluding carboxylic acids is 1. The number of methoxy groups -OCH3 is 1. The molecule has 1 amide bonds. The number of carbonyl (C=O) groups is 1. The van der Waals surface area contributed by atoms with Crippen molar-refractivity contribution in [3.63, 3.8) is 0 Å². The lowest BCUT2D eigenvalue weighted by Gasteiger charge is -2.25. The molecule has 168 valence electrons. The molecule has 0 bridgehead atoms. The fourth-order valence-corrected chi connectivity index (χ4v) is 4.21. The van der Waals surface area contributed by atoms with Gasteiger partial charge in [0, 0.05) is 20.3 Å². The normalized spacial score (nSPS) is 15.4. The zero-order valence-electron chi connectivity index (χ0n) is 18.6. The fraction of sp³-hybridized carbons (Fsp3) is 0.385. The third-order valence-corrected chi connectivity index (χ3v) is 5.83. The van der Waals surface area contributed by atoms with Crippen LogP contribution in [0.1, 0.15) is 60.3 Å². The van der Waals surface area contributed by atoms with E-state index in [0.717, 1.165) is 30.6 Å². The van der Waals surface area contributed by atoms with E-state index >= 15 is 0 Å². The molecule has 0 spiro atoms. The van der Waals surface area contributed by atoms with E-state index < -0.39 is 6.04 Å². The maximum atomic E-state index is 13.4. The minimum absolute atomic E-state index is 0.135. The molecule has 1 aliphatic rings. The molecule has 0 saturated heterocycles. The zero-order chi connectivity index (χ0) is 22.5. The molecule has 32 heavy (non-hydrogen) atoms. The minimum Gasteiger partial charge on any atom is -0.494 e. The van der Waals surface area contributed by atoms with E-state index in [-0.39, 0.29) is 17.1 Å². The Morgan fingerprint density at radius 3 is 2.50 bits per heavy atom. The highest BCUT2D eigenvalue weighted by molar-refractivity contribution is 5.99. The summed E-state index contributed by atoms with van der Waals surface area (Å²) in [7, 11) is 1.63. The second-order valence-corrected chi connectivity index (χ2v) is 8.04. The molecule has 2 aromatic carbocycles. The number of nitrogens with zero attached hydrogens (tertiary/aromatic N) is 1. The van der Waals surface area contributed by atoms with Crippen molar-refractivity contribution in [1.29, 1.82) is 0 Å². The van der Waals surface area contributed by atoms with Crippen molar-refractivity contribution in [3.8, 4) is 5.75 Å². The molecular formula is C26H29NO5. The molecule has 6 nitrogen and oxygen atoms in total. The molecule has 0 unspecified atom stereocenters. The van der Waals surface area contributed by atoms with Gasteiger partial charge in [-0.2, -0.15) is 0 Å². The van der Waals surface area contributed by atoms with Crippen molar-refractivity contribution >= 4 is 16.9 Å². The molecule has 4 rings (SSSR count). The smallest absolute Gasteiger partial charge is 0.290 e. The summed E-state index contributed by atoms with van der Waals surface area (Å²) in [5.74, 6) is 0.658. The molecule has 0 saturated carbocycles. The van der Waals surface area contributed by atoms with Gasteiger partial charge in [0.1, 0.15) is 11.3 Å². The first-order chi connectivity index (χ1) is 15.7. The third-order valence-electron chi connectivity index (χ3n) is 5.83. The summed E-state index contributed by atoms with van der Waals surface area (Å²) >= 11 is 0. The molecule has 1 atom stereocenters. The van der Waals surface area contributed by atoms with E-state index in [1.165, 1.54) is 0 Å². The Kier molecular flexibility index (Phi) is 6.90. The van der Waals surface area contributed by atoms with Crippen molar-refractivity contribution in [2.75, 3.05) is 26.9 Å². The van der Waals surface area contributed by atoms with Crippen LogP contribution in [0.2, 0.25) is 0 Å². The molecule has 2 heterocycles. The van der Waals surface area contributed by atoms with Crippen LogP contribution in [-0.2, 0) is 4.74 Å². The van der Waals surface area contributed by atoms with Gasteiger partial charge in [0.2, 0.25) is 5.76 Å². The Hall–Kier alpha value is -3.12. The van der Waals surface area contributed by atoms with Crippen LogP contribution >= 0.6 is 0 Å². The van der Waals surface area contributed by atoms with E-state index in [4.69, 9.17) is 13.9 Å². The van der Waals surface area contributed by atoms with Gasteiger partial charge >= 0.3 is 0 Å². The molecule has 6 heteroatoms. The average Bonchev–Trinajstić information content (AvgIpc) is 3.09. The lowest BCUT2D eigenvalue weighted by Crippen LogP contribution is -2.31. The van der Waals surface area contributed by atoms with Gasteiger partial charge < -0.3 is 18.8 Å². The maximum Gasteiger partial charge on any atom is 0.290 e. The summed E-state index contributed by atoms with van der Waals surface area (Å²) in [6.07, 6.45) is 3.97. The largest absolute Gasteiger partial charge is 0.494 e. The Labute approximate surface area is 187 Å². The number of benzene rings is 2. The number of hydrogen-bond acceptors (Lipinski definition) is 5. The first kappa shape index (κ1) is 22.1. The Bertz CT molecular complexity index is 1140. The molecule has 1 aromatic heterocycles. The van der Waals surface area contributed by atoms with Crippen LogP contribution in [0.5, 0.6) is 5.75 Å². The van der Waals surface area contributed by atoms with Gasteiger partial charge in [-0.1, -0.05) is 44.0 Å². The van der Waals surface area contributed by atoms with Crippen molar-refractivity contribution in [2.45, 2.75) is 38.6 Å². The molecule has 0 aliphatic carbocycles. The number of hydrogen-bond donors (Lipinski definition) is 0. The predicted molar refractivity (Wildman–Crippen MR) is 123 cm³/mol. The quantitative estimate of drug-likeness (QED) is 0.422. The van der Waals surface area contributed by atoms with Crippen LogP contribution in [0, 0.1) is 0 Å². The number of amides is 1. The summed E-state index contributed by atoms with van der Waals surface area (Å²) in [6.45, 7) is 3.83. The lowest BCUT2D eigenvalue weighted by molar-refractivity contribution is 0.0708. The van der Waals surface area contributed by atoms with Crippen LogP contribution in [-0.4, -0.2) is 37.7 Å². The average molecular weight is 436 g/mol.